The molecule has 0 aliphatic heterocycles. The summed E-state index contributed by atoms with van der Waals surface area (Å²) in [6, 6.07) is 9.85. The van der Waals surface area contributed by atoms with E-state index < -0.39 is 21.7 Å². The maximum Gasteiger partial charge on any atom is 0.274 e. The van der Waals surface area contributed by atoms with Gasteiger partial charge in [0.1, 0.15) is 5.52 Å². The molecule has 2 aromatic heterocycles. The van der Waals surface area contributed by atoms with Gasteiger partial charge in [0, 0.05) is 37.8 Å². The number of hydrogen-bond acceptors (Lipinski definition) is 7. The maximum absolute atomic E-state index is 12.8. The Morgan fingerprint density at radius 2 is 1.84 bits per heavy atom. The van der Waals surface area contributed by atoms with Crippen molar-refractivity contribution in [3.63, 3.8) is 0 Å². The predicted molar refractivity (Wildman–Crippen MR) is 115 cm³/mol. The van der Waals surface area contributed by atoms with Crippen molar-refractivity contribution < 1.29 is 23.1 Å². The van der Waals surface area contributed by atoms with E-state index in [-0.39, 0.29) is 34.9 Å². The molecule has 3 N–H and O–H groups in total. The van der Waals surface area contributed by atoms with E-state index in [0.29, 0.717) is 11.1 Å². The second-order valence-corrected chi connectivity index (χ2v) is 8.70. The molecule has 10 nitrogen and oxygen atoms in total. The zero-order valence-electron chi connectivity index (χ0n) is 17.1. The molecule has 0 aliphatic carbocycles. The highest BCUT2D eigenvalue weighted by Gasteiger charge is 2.24. The van der Waals surface area contributed by atoms with Gasteiger partial charge in [-0.05, 0) is 23.8 Å². The monoisotopic (exact) mass is 443 g/mol. The fourth-order valence-electron chi connectivity index (χ4n) is 2.95. The second-order valence-electron chi connectivity index (χ2n) is 6.68. The number of aromatic nitrogens is 2. The first-order valence-corrected chi connectivity index (χ1v) is 11.0. The number of amides is 2. The topological polar surface area (TPSA) is 142 Å². The number of carbonyl (C=O) groups excluding carboxylic acids is 2. The van der Waals surface area contributed by atoms with Crippen LogP contribution in [-0.2, 0) is 16.6 Å². The number of benzene rings is 1. The first-order valence-electron chi connectivity index (χ1n) is 9.15. The zero-order chi connectivity index (χ0) is 22.8. The zero-order valence-corrected chi connectivity index (χ0v) is 17.9. The molecule has 3 rings (SSSR count). The lowest BCUT2D eigenvalue weighted by Gasteiger charge is -2.19. The molecule has 0 spiro atoms. The molecule has 0 bridgehead atoms. The number of nitrogens with one attached hydrogen (secondary N) is 2. The number of sulfonamides is 1. The Kier molecular flexibility index (Phi) is 6.07. The van der Waals surface area contributed by atoms with E-state index in [1.165, 1.54) is 20.3 Å². The van der Waals surface area contributed by atoms with Crippen LogP contribution in [0, 0.1) is 0 Å². The van der Waals surface area contributed by atoms with E-state index in [1.54, 1.807) is 36.4 Å². The van der Waals surface area contributed by atoms with Crippen molar-refractivity contribution in [2.24, 2.45) is 0 Å². The average Bonchev–Trinajstić information content (AvgIpc) is 2.76. The lowest BCUT2D eigenvalue weighted by Crippen LogP contribution is -2.29. The summed E-state index contributed by atoms with van der Waals surface area (Å²) in [5.41, 5.74) is 0.607. The van der Waals surface area contributed by atoms with Crippen LogP contribution in [0.2, 0.25) is 0 Å². The minimum atomic E-state index is -3.69. The van der Waals surface area contributed by atoms with Gasteiger partial charge < -0.3 is 15.7 Å². The number of nitrogens with zero attached hydrogens (tertiary/aromatic N) is 3. The molecule has 162 valence electrons. The largest absolute Gasteiger partial charge is 0.504 e. The van der Waals surface area contributed by atoms with Gasteiger partial charge in [0.2, 0.25) is 10.0 Å². The van der Waals surface area contributed by atoms with Gasteiger partial charge in [-0.3, -0.25) is 18.9 Å². The van der Waals surface area contributed by atoms with E-state index in [9.17, 15) is 23.1 Å². The van der Waals surface area contributed by atoms with Gasteiger partial charge in [0.25, 0.3) is 11.8 Å². The summed E-state index contributed by atoms with van der Waals surface area (Å²) in [4.78, 5) is 33.0. The third kappa shape index (κ3) is 4.40. The van der Waals surface area contributed by atoms with E-state index >= 15 is 0 Å². The molecule has 11 heteroatoms. The van der Waals surface area contributed by atoms with Gasteiger partial charge in [0.15, 0.2) is 17.3 Å². The Hall–Kier alpha value is -3.73. The molecule has 0 saturated carbocycles. The number of aromatic hydroxyl groups is 1. The van der Waals surface area contributed by atoms with Crippen LogP contribution in [-0.4, -0.2) is 55.7 Å². The van der Waals surface area contributed by atoms with Gasteiger partial charge in [-0.15, -0.1) is 0 Å². The lowest BCUT2D eigenvalue weighted by molar-refractivity contribution is 0.0934. The molecule has 0 aliphatic rings. The van der Waals surface area contributed by atoms with Crippen molar-refractivity contribution in [2.45, 2.75) is 6.54 Å². The van der Waals surface area contributed by atoms with Crippen molar-refractivity contribution in [2.75, 3.05) is 24.7 Å². The Morgan fingerprint density at radius 1 is 1.13 bits per heavy atom. The minimum Gasteiger partial charge on any atom is -0.504 e. The van der Waals surface area contributed by atoms with Crippen molar-refractivity contribution in [1.82, 2.24) is 20.6 Å². The van der Waals surface area contributed by atoms with E-state index in [2.05, 4.69) is 20.6 Å². The fourth-order valence-corrected chi connectivity index (χ4v) is 3.40. The number of hydrogen-bond donors (Lipinski definition) is 3. The molecule has 31 heavy (non-hydrogen) atoms. The molecule has 0 unspecified atom stereocenters. The molecular weight excluding hydrogens is 422 g/mol. The highest BCUT2D eigenvalue weighted by molar-refractivity contribution is 7.92. The van der Waals surface area contributed by atoms with Crippen molar-refractivity contribution in [1.29, 1.82) is 0 Å². The van der Waals surface area contributed by atoms with Crippen molar-refractivity contribution >= 4 is 38.6 Å². The Labute approximate surface area is 179 Å². The molecule has 2 heterocycles. The molecule has 3 aromatic rings. The van der Waals surface area contributed by atoms with E-state index in [0.717, 1.165) is 10.6 Å². The fraction of sp³-hybridized carbons (Fsp3) is 0.200. The molecular formula is C20H21N5O5S. The number of rotatable bonds is 6. The Morgan fingerprint density at radius 3 is 2.52 bits per heavy atom. The van der Waals surface area contributed by atoms with Gasteiger partial charge in [0.05, 0.1) is 6.26 Å². The van der Waals surface area contributed by atoms with Gasteiger partial charge in [-0.1, -0.05) is 18.2 Å². The van der Waals surface area contributed by atoms with Crippen LogP contribution in [0.4, 0.5) is 5.82 Å². The van der Waals surface area contributed by atoms with Crippen LogP contribution in [0.15, 0.2) is 42.6 Å². The van der Waals surface area contributed by atoms with Crippen LogP contribution in [0.3, 0.4) is 0 Å². The standard InChI is InChI=1S/C20H21N5O5S/c1-21-19(27)13-8-5-4-7-12(13)11-23-20(28)16-17(26)15-14(9-6-10-22-15)18(24-16)25(2)31(3,29)30/h4-10,26H,11H2,1-3H3,(H,21,27)(H,23,28). The van der Waals surface area contributed by atoms with Crippen LogP contribution in [0.1, 0.15) is 26.4 Å². The van der Waals surface area contributed by atoms with Crippen molar-refractivity contribution in [3.8, 4) is 5.75 Å². The normalized spacial score (nSPS) is 11.2. The first-order chi connectivity index (χ1) is 14.6. The van der Waals surface area contributed by atoms with Crippen LogP contribution >= 0.6 is 0 Å². The van der Waals surface area contributed by atoms with Gasteiger partial charge in [-0.25, -0.2) is 13.4 Å². The average molecular weight is 443 g/mol. The number of pyridine rings is 2. The molecule has 0 radical (unpaired) electrons. The molecule has 0 saturated heterocycles. The maximum atomic E-state index is 12.8. The summed E-state index contributed by atoms with van der Waals surface area (Å²) in [6.07, 6.45) is 2.41. The summed E-state index contributed by atoms with van der Waals surface area (Å²) in [6.45, 7) is -0.0128. The summed E-state index contributed by atoms with van der Waals surface area (Å²) in [5, 5.41) is 16.0. The van der Waals surface area contributed by atoms with Crippen LogP contribution in [0.5, 0.6) is 5.75 Å². The smallest absolute Gasteiger partial charge is 0.274 e. The van der Waals surface area contributed by atoms with Crippen LogP contribution in [0.25, 0.3) is 10.9 Å². The summed E-state index contributed by atoms with van der Waals surface area (Å²) < 4.78 is 25.0. The van der Waals surface area contributed by atoms with Crippen LogP contribution < -0.4 is 14.9 Å². The predicted octanol–water partition coefficient (Wildman–Crippen LogP) is 1.02. The number of anilines is 1. The summed E-state index contributed by atoms with van der Waals surface area (Å²) in [5.74, 6) is -1.57. The summed E-state index contributed by atoms with van der Waals surface area (Å²) >= 11 is 0. The third-order valence-electron chi connectivity index (χ3n) is 4.65. The van der Waals surface area contributed by atoms with E-state index in [1.807, 2.05) is 0 Å². The number of fused-ring (bicyclic) bond motifs is 1. The summed E-state index contributed by atoms with van der Waals surface area (Å²) in [7, 11) is -0.895. The Balaban J connectivity index is 2.01. The highest BCUT2D eigenvalue weighted by Crippen LogP contribution is 2.32. The molecule has 0 fully saturated rings. The quantitative estimate of drug-likeness (QED) is 0.516. The highest BCUT2D eigenvalue weighted by atomic mass is 32.2. The SMILES string of the molecule is CNC(=O)c1ccccc1CNC(=O)c1nc(N(C)S(C)(=O)=O)c2cccnc2c1O. The molecule has 2 amide bonds. The Bertz CT molecular complexity index is 1280. The molecule has 1 aromatic carbocycles. The number of carbonyl (C=O) groups is 2. The second kappa shape index (κ2) is 8.56. The first kappa shape index (κ1) is 22.0. The van der Waals surface area contributed by atoms with Gasteiger partial charge >= 0.3 is 0 Å². The minimum absolute atomic E-state index is 0.0128. The lowest BCUT2D eigenvalue weighted by atomic mass is 10.1. The van der Waals surface area contributed by atoms with E-state index in [4.69, 9.17) is 0 Å². The molecule has 0 atom stereocenters. The van der Waals surface area contributed by atoms with Crippen molar-refractivity contribution in [3.05, 3.63) is 59.4 Å². The third-order valence-corrected chi connectivity index (χ3v) is 5.82. The van der Waals surface area contributed by atoms with Gasteiger partial charge in [-0.2, -0.15) is 0 Å².